The quantitative estimate of drug-likeness (QED) is 0.780. The summed E-state index contributed by atoms with van der Waals surface area (Å²) in [6.07, 6.45) is 1.28. The first kappa shape index (κ1) is 9.32. The Morgan fingerprint density at radius 3 is 2.60 bits per heavy atom. The zero-order valence-electron chi connectivity index (χ0n) is 7.69. The van der Waals surface area contributed by atoms with Gasteiger partial charge in [0, 0.05) is 0 Å². The van der Waals surface area contributed by atoms with E-state index in [0.717, 1.165) is 0 Å². The second kappa shape index (κ2) is 3.87. The first-order valence-electron chi connectivity index (χ1n) is 4.29. The van der Waals surface area contributed by atoms with E-state index >= 15 is 0 Å². The third-order valence-corrected chi connectivity index (χ3v) is 1.98. The van der Waals surface area contributed by atoms with Gasteiger partial charge in [-0.1, -0.05) is 30.3 Å². The Bertz CT molecular complexity index is 440. The minimum atomic E-state index is -0.992. The average molecular weight is 204 g/mol. The van der Waals surface area contributed by atoms with Gasteiger partial charge in [0.1, 0.15) is 6.33 Å². The SMILES string of the molecule is O=C(O)[C@H](c1ccccc1)n1cnnn1. The largest absolute Gasteiger partial charge is 0.479 e. The number of aliphatic carboxylic acids is 1. The summed E-state index contributed by atoms with van der Waals surface area (Å²) >= 11 is 0. The van der Waals surface area contributed by atoms with E-state index in [2.05, 4.69) is 15.5 Å². The fourth-order valence-electron chi connectivity index (χ4n) is 1.33. The van der Waals surface area contributed by atoms with Gasteiger partial charge in [-0.3, -0.25) is 0 Å². The van der Waals surface area contributed by atoms with Crippen LogP contribution in [0.3, 0.4) is 0 Å². The summed E-state index contributed by atoms with van der Waals surface area (Å²) in [6.45, 7) is 0. The molecule has 0 saturated heterocycles. The molecule has 0 aliphatic rings. The van der Waals surface area contributed by atoms with Crippen LogP contribution in [0, 0.1) is 0 Å². The zero-order chi connectivity index (χ0) is 10.7. The molecule has 0 amide bonds. The Morgan fingerprint density at radius 1 is 1.33 bits per heavy atom. The van der Waals surface area contributed by atoms with Crippen LogP contribution in [0.2, 0.25) is 0 Å². The minimum absolute atomic E-state index is 0.636. The summed E-state index contributed by atoms with van der Waals surface area (Å²) in [5.74, 6) is -0.992. The Labute approximate surface area is 85.2 Å². The van der Waals surface area contributed by atoms with Crippen molar-refractivity contribution >= 4 is 5.97 Å². The molecule has 0 saturated carbocycles. The second-order valence-corrected chi connectivity index (χ2v) is 2.94. The number of rotatable bonds is 3. The Balaban J connectivity index is 2.42. The van der Waals surface area contributed by atoms with E-state index in [1.807, 2.05) is 6.07 Å². The molecule has 15 heavy (non-hydrogen) atoms. The molecule has 0 spiro atoms. The predicted octanol–water partition coefficient (Wildman–Crippen LogP) is 0.347. The van der Waals surface area contributed by atoms with Gasteiger partial charge in [-0.25, -0.2) is 9.48 Å². The van der Waals surface area contributed by atoms with Crippen molar-refractivity contribution in [2.24, 2.45) is 0 Å². The molecular formula is C9H8N4O2. The molecule has 1 heterocycles. The first-order chi connectivity index (χ1) is 7.29. The van der Waals surface area contributed by atoms with Gasteiger partial charge < -0.3 is 5.11 Å². The lowest BCUT2D eigenvalue weighted by atomic mass is 10.1. The number of tetrazole rings is 1. The van der Waals surface area contributed by atoms with Crippen LogP contribution in [-0.4, -0.2) is 31.3 Å². The lowest BCUT2D eigenvalue weighted by molar-refractivity contribution is -0.139. The summed E-state index contributed by atoms with van der Waals surface area (Å²) in [7, 11) is 0. The molecule has 1 aromatic carbocycles. The van der Waals surface area contributed by atoms with E-state index in [9.17, 15) is 4.79 Å². The minimum Gasteiger partial charge on any atom is -0.479 e. The Kier molecular flexibility index (Phi) is 2.40. The molecule has 2 aromatic rings. The smallest absolute Gasteiger partial charge is 0.333 e. The summed E-state index contributed by atoms with van der Waals surface area (Å²) in [5.41, 5.74) is 0.636. The molecule has 0 fully saturated rings. The lowest BCUT2D eigenvalue weighted by Gasteiger charge is -2.10. The van der Waals surface area contributed by atoms with Gasteiger partial charge in [0.05, 0.1) is 0 Å². The monoisotopic (exact) mass is 204 g/mol. The second-order valence-electron chi connectivity index (χ2n) is 2.94. The molecule has 76 valence electrons. The highest BCUT2D eigenvalue weighted by Gasteiger charge is 2.22. The first-order valence-corrected chi connectivity index (χ1v) is 4.29. The van der Waals surface area contributed by atoms with Gasteiger partial charge in [-0.15, -0.1) is 5.10 Å². The number of aromatic nitrogens is 4. The number of hydrogen-bond acceptors (Lipinski definition) is 4. The molecule has 0 aliphatic heterocycles. The molecule has 1 N–H and O–H groups in total. The zero-order valence-corrected chi connectivity index (χ0v) is 7.69. The third kappa shape index (κ3) is 1.83. The van der Waals surface area contributed by atoms with Gasteiger partial charge in [-0.05, 0) is 16.0 Å². The summed E-state index contributed by atoms with van der Waals surface area (Å²) in [4.78, 5) is 11.1. The average Bonchev–Trinajstić information content (AvgIpc) is 2.72. The molecule has 6 heteroatoms. The van der Waals surface area contributed by atoms with E-state index in [0.29, 0.717) is 5.56 Å². The fourth-order valence-corrected chi connectivity index (χ4v) is 1.33. The highest BCUT2D eigenvalue weighted by Crippen LogP contribution is 2.16. The van der Waals surface area contributed by atoms with E-state index in [1.54, 1.807) is 24.3 Å². The van der Waals surface area contributed by atoms with Crippen molar-refractivity contribution in [3.05, 3.63) is 42.2 Å². The van der Waals surface area contributed by atoms with Gasteiger partial charge in [0.25, 0.3) is 0 Å². The maximum absolute atomic E-state index is 11.1. The molecule has 1 atom stereocenters. The molecule has 0 bridgehead atoms. The molecule has 0 unspecified atom stereocenters. The number of hydrogen-bond donors (Lipinski definition) is 1. The van der Waals surface area contributed by atoms with Crippen molar-refractivity contribution in [1.82, 2.24) is 20.2 Å². The summed E-state index contributed by atoms with van der Waals surface area (Å²) in [6, 6.07) is 7.94. The molecule has 6 nitrogen and oxygen atoms in total. The molecule has 2 rings (SSSR count). The van der Waals surface area contributed by atoms with E-state index in [-0.39, 0.29) is 0 Å². The van der Waals surface area contributed by atoms with Gasteiger partial charge in [0.15, 0.2) is 6.04 Å². The van der Waals surface area contributed by atoms with Crippen LogP contribution < -0.4 is 0 Å². The number of carboxylic acid groups (broad SMARTS) is 1. The number of carboxylic acids is 1. The maximum atomic E-state index is 11.1. The highest BCUT2D eigenvalue weighted by molar-refractivity contribution is 5.75. The Morgan fingerprint density at radius 2 is 2.07 bits per heavy atom. The molecule has 0 radical (unpaired) electrons. The molecule has 1 aromatic heterocycles. The van der Waals surface area contributed by atoms with E-state index in [4.69, 9.17) is 5.11 Å². The summed E-state index contributed by atoms with van der Waals surface area (Å²) in [5, 5.41) is 19.5. The lowest BCUT2D eigenvalue weighted by Crippen LogP contribution is -2.20. The van der Waals surface area contributed by atoms with Crippen molar-refractivity contribution in [3.63, 3.8) is 0 Å². The van der Waals surface area contributed by atoms with Crippen LogP contribution in [0.5, 0.6) is 0 Å². The van der Waals surface area contributed by atoms with Crippen molar-refractivity contribution in [2.75, 3.05) is 0 Å². The normalized spacial score (nSPS) is 12.3. The molecule has 0 aliphatic carbocycles. The standard InChI is InChI=1S/C9H8N4O2/c14-9(15)8(13-6-10-11-12-13)7-4-2-1-3-5-7/h1-6,8H,(H,14,15)/t8-/m0/s1. The van der Waals surface area contributed by atoms with Crippen molar-refractivity contribution in [1.29, 1.82) is 0 Å². The van der Waals surface area contributed by atoms with Crippen LogP contribution in [0.1, 0.15) is 11.6 Å². The third-order valence-electron chi connectivity index (χ3n) is 1.98. The van der Waals surface area contributed by atoms with Crippen molar-refractivity contribution in [2.45, 2.75) is 6.04 Å². The predicted molar refractivity (Wildman–Crippen MR) is 50.0 cm³/mol. The number of carbonyl (C=O) groups is 1. The fraction of sp³-hybridized carbons (Fsp3) is 0.111. The maximum Gasteiger partial charge on any atom is 0.333 e. The van der Waals surface area contributed by atoms with Crippen LogP contribution in [0.15, 0.2) is 36.7 Å². The van der Waals surface area contributed by atoms with Crippen LogP contribution in [0.25, 0.3) is 0 Å². The van der Waals surface area contributed by atoms with Gasteiger partial charge in [-0.2, -0.15) is 0 Å². The number of benzene rings is 1. The van der Waals surface area contributed by atoms with E-state index in [1.165, 1.54) is 11.0 Å². The van der Waals surface area contributed by atoms with E-state index < -0.39 is 12.0 Å². The van der Waals surface area contributed by atoms with Gasteiger partial charge >= 0.3 is 5.97 Å². The number of nitrogens with zero attached hydrogens (tertiary/aromatic N) is 4. The van der Waals surface area contributed by atoms with Crippen molar-refractivity contribution < 1.29 is 9.90 Å². The van der Waals surface area contributed by atoms with Crippen LogP contribution in [-0.2, 0) is 4.79 Å². The van der Waals surface area contributed by atoms with Gasteiger partial charge in [0.2, 0.25) is 0 Å². The topological polar surface area (TPSA) is 80.9 Å². The summed E-state index contributed by atoms with van der Waals surface area (Å²) < 4.78 is 1.21. The molecular weight excluding hydrogens is 196 g/mol. The van der Waals surface area contributed by atoms with Crippen LogP contribution >= 0.6 is 0 Å². The Hall–Kier alpha value is -2.24. The van der Waals surface area contributed by atoms with Crippen LogP contribution in [0.4, 0.5) is 0 Å². The van der Waals surface area contributed by atoms with Crippen molar-refractivity contribution in [3.8, 4) is 0 Å². The highest BCUT2D eigenvalue weighted by atomic mass is 16.4.